The molecule has 2 aliphatic heterocycles. The average Bonchev–Trinajstić information content (AvgIpc) is 2.71. The minimum Gasteiger partial charge on any atom is -0.393 e. The van der Waals surface area contributed by atoms with E-state index in [1.54, 1.807) is 13.8 Å². The highest BCUT2D eigenvalue weighted by Gasteiger charge is 2.69. The van der Waals surface area contributed by atoms with Crippen LogP contribution in [0, 0.1) is 11.3 Å². The summed E-state index contributed by atoms with van der Waals surface area (Å²) in [6.07, 6.45) is -0.989. The van der Waals surface area contributed by atoms with Crippen LogP contribution in [-0.2, 0) is 14.2 Å². The molecule has 0 aromatic heterocycles. The minimum atomic E-state index is -1.69. The standard InChI is InChI=1S/C10H11BClN3O4/c1-8(2)17-6-9(19-8,3-4-12)7(11)18-10(6,5-16)14-15-13/h6-7,16H,5H2,1-2H3/t6?,7-,9-,10-/m1/s1. The van der Waals surface area contributed by atoms with Crippen LogP contribution < -0.4 is 0 Å². The first-order chi connectivity index (χ1) is 8.86. The second-order valence-electron chi connectivity index (χ2n) is 4.74. The van der Waals surface area contributed by atoms with Gasteiger partial charge in [-0.15, -0.1) is 0 Å². The lowest BCUT2D eigenvalue weighted by molar-refractivity contribution is -0.210. The Morgan fingerprint density at radius 3 is 2.74 bits per heavy atom. The maximum Gasteiger partial charge on any atom is 0.199 e. The SMILES string of the molecule is [B][C@@H]1O[C@@](CO)(N=[N+]=[N-])C2OC(C)(C)O[C@]21C#CCl. The number of hydrogen-bond donors (Lipinski definition) is 1. The average molecular weight is 283 g/mol. The predicted octanol–water partition coefficient (Wildman–Crippen LogP) is 0.600. The van der Waals surface area contributed by atoms with E-state index in [1.807, 2.05) is 0 Å². The molecule has 2 saturated heterocycles. The predicted molar refractivity (Wildman–Crippen MR) is 66.0 cm³/mol. The molecule has 2 heterocycles. The Morgan fingerprint density at radius 1 is 1.53 bits per heavy atom. The molecule has 0 saturated carbocycles. The highest BCUT2D eigenvalue weighted by molar-refractivity contribution is 6.30. The fourth-order valence-corrected chi connectivity index (χ4v) is 2.55. The molecule has 1 unspecified atom stereocenters. The summed E-state index contributed by atoms with van der Waals surface area (Å²) in [5.74, 6) is 1.57. The number of nitrogens with zero attached hydrogens (tertiary/aromatic N) is 3. The van der Waals surface area contributed by atoms with Crippen LogP contribution in [0.25, 0.3) is 10.4 Å². The number of rotatable bonds is 2. The van der Waals surface area contributed by atoms with E-state index in [9.17, 15) is 5.11 Å². The number of ether oxygens (including phenoxy) is 3. The van der Waals surface area contributed by atoms with Gasteiger partial charge in [-0.1, -0.05) is 5.11 Å². The van der Waals surface area contributed by atoms with Crippen molar-refractivity contribution in [2.24, 2.45) is 5.11 Å². The van der Waals surface area contributed by atoms with Crippen molar-refractivity contribution in [3.63, 3.8) is 0 Å². The van der Waals surface area contributed by atoms with Gasteiger partial charge in [0, 0.05) is 10.3 Å². The van der Waals surface area contributed by atoms with Crippen molar-refractivity contribution < 1.29 is 19.3 Å². The van der Waals surface area contributed by atoms with Gasteiger partial charge in [0.25, 0.3) is 0 Å². The van der Waals surface area contributed by atoms with E-state index in [4.69, 9.17) is 39.2 Å². The molecule has 2 rings (SSSR count). The minimum absolute atomic E-state index is 0.624. The van der Waals surface area contributed by atoms with E-state index in [2.05, 4.69) is 21.3 Å². The number of aliphatic hydroxyl groups excluding tert-OH is 1. The lowest BCUT2D eigenvalue weighted by Gasteiger charge is -2.28. The fraction of sp³-hybridized carbons (Fsp3) is 0.800. The van der Waals surface area contributed by atoms with Gasteiger partial charge in [0.15, 0.2) is 17.1 Å². The third-order valence-corrected chi connectivity index (χ3v) is 3.15. The maximum absolute atomic E-state index is 9.50. The largest absolute Gasteiger partial charge is 0.393 e. The van der Waals surface area contributed by atoms with Crippen molar-refractivity contribution in [3.05, 3.63) is 10.4 Å². The van der Waals surface area contributed by atoms with Gasteiger partial charge in [-0.3, -0.25) is 0 Å². The summed E-state index contributed by atoms with van der Waals surface area (Å²) in [6, 6.07) is -1.08. The van der Waals surface area contributed by atoms with Crippen molar-refractivity contribution in [1.29, 1.82) is 0 Å². The normalized spacial score (nSPS) is 42.9. The van der Waals surface area contributed by atoms with E-state index in [-0.39, 0.29) is 0 Å². The van der Waals surface area contributed by atoms with Crippen molar-refractivity contribution in [2.45, 2.75) is 43.1 Å². The molecular weight excluding hydrogens is 272 g/mol. The van der Waals surface area contributed by atoms with Crippen LogP contribution >= 0.6 is 11.6 Å². The van der Waals surface area contributed by atoms with Crippen LogP contribution in [0.1, 0.15) is 13.8 Å². The Hall–Kier alpha value is -0.935. The molecule has 0 aliphatic carbocycles. The van der Waals surface area contributed by atoms with Gasteiger partial charge in [-0.25, -0.2) is 0 Å². The van der Waals surface area contributed by atoms with Gasteiger partial charge in [-0.2, -0.15) is 0 Å². The molecule has 0 spiro atoms. The zero-order valence-corrected chi connectivity index (χ0v) is 11.1. The molecular formula is C10H11BClN3O4. The van der Waals surface area contributed by atoms with E-state index >= 15 is 0 Å². The van der Waals surface area contributed by atoms with E-state index < -0.39 is 35.8 Å². The second kappa shape index (κ2) is 4.56. The maximum atomic E-state index is 9.50. The topological polar surface area (TPSA) is 96.7 Å². The fourth-order valence-electron chi connectivity index (χ4n) is 2.40. The summed E-state index contributed by atoms with van der Waals surface area (Å²) < 4.78 is 16.7. The summed E-state index contributed by atoms with van der Waals surface area (Å²) in [4.78, 5) is 2.66. The number of hydrogen-bond acceptors (Lipinski definition) is 5. The zero-order chi connectivity index (χ0) is 14.3. The molecule has 2 fully saturated rings. The van der Waals surface area contributed by atoms with Gasteiger partial charge in [0.1, 0.15) is 14.0 Å². The van der Waals surface area contributed by atoms with Gasteiger partial charge in [0.05, 0.1) is 12.6 Å². The number of aliphatic hydroxyl groups is 1. The van der Waals surface area contributed by atoms with E-state index in [1.165, 1.54) is 0 Å². The summed E-state index contributed by atoms with van der Waals surface area (Å²) >= 11 is 5.44. The number of azide groups is 1. The summed E-state index contributed by atoms with van der Waals surface area (Å²) in [5, 5.41) is 15.2. The van der Waals surface area contributed by atoms with E-state index in [0.717, 1.165) is 0 Å². The van der Waals surface area contributed by atoms with Crippen LogP contribution in [0.5, 0.6) is 0 Å². The molecule has 0 aromatic carbocycles. The summed E-state index contributed by atoms with van der Waals surface area (Å²) in [7, 11) is 5.86. The molecule has 19 heavy (non-hydrogen) atoms. The van der Waals surface area contributed by atoms with Crippen molar-refractivity contribution in [3.8, 4) is 11.3 Å². The molecule has 100 valence electrons. The molecule has 0 amide bonds. The van der Waals surface area contributed by atoms with E-state index in [0.29, 0.717) is 0 Å². The van der Waals surface area contributed by atoms with Crippen LogP contribution in [-0.4, -0.2) is 48.8 Å². The monoisotopic (exact) mass is 283 g/mol. The highest BCUT2D eigenvalue weighted by atomic mass is 35.5. The molecule has 7 nitrogen and oxygen atoms in total. The van der Waals surface area contributed by atoms with Crippen LogP contribution in [0.3, 0.4) is 0 Å². The third kappa shape index (κ3) is 1.99. The Kier molecular flexibility index (Phi) is 3.48. The molecule has 9 heteroatoms. The molecule has 0 bridgehead atoms. The number of fused-ring (bicyclic) bond motifs is 1. The first kappa shape index (κ1) is 14.5. The Bertz CT molecular complexity index is 501. The zero-order valence-electron chi connectivity index (χ0n) is 10.3. The molecule has 0 aromatic rings. The third-order valence-electron chi connectivity index (χ3n) is 3.05. The Labute approximate surface area is 116 Å². The Balaban J connectivity index is 2.56. The molecule has 2 aliphatic rings. The quantitative estimate of drug-likeness (QED) is 0.264. The summed E-state index contributed by atoms with van der Waals surface area (Å²) in [5.41, 5.74) is 5.55. The van der Waals surface area contributed by atoms with Gasteiger partial charge in [-0.05, 0) is 36.9 Å². The lowest BCUT2D eigenvalue weighted by Crippen LogP contribution is -2.49. The van der Waals surface area contributed by atoms with Crippen molar-refractivity contribution in [1.82, 2.24) is 0 Å². The van der Waals surface area contributed by atoms with Crippen molar-refractivity contribution >= 4 is 19.4 Å². The van der Waals surface area contributed by atoms with Gasteiger partial charge < -0.3 is 19.3 Å². The van der Waals surface area contributed by atoms with Gasteiger partial charge >= 0.3 is 0 Å². The summed E-state index contributed by atoms with van der Waals surface area (Å²) in [6.45, 7) is 2.67. The first-order valence-corrected chi connectivity index (χ1v) is 5.85. The number of halogens is 1. The van der Waals surface area contributed by atoms with Crippen LogP contribution in [0.15, 0.2) is 5.11 Å². The first-order valence-electron chi connectivity index (χ1n) is 5.47. The molecule has 1 N–H and O–H groups in total. The smallest absolute Gasteiger partial charge is 0.199 e. The van der Waals surface area contributed by atoms with Crippen LogP contribution in [0.4, 0.5) is 0 Å². The van der Waals surface area contributed by atoms with Gasteiger partial charge in [0.2, 0.25) is 0 Å². The Morgan fingerprint density at radius 2 is 2.21 bits per heavy atom. The van der Waals surface area contributed by atoms with Crippen molar-refractivity contribution in [2.75, 3.05) is 6.61 Å². The molecule has 2 radical (unpaired) electrons. The molecule has 4 atom stereocenters. The second-order valence-corrected chi connectivity index (χ2v) is 4.93. The lowest BCUT2D eigenvalue weighted by atomic mass is 9.80. The highest BCUT2D eigenvalue weighted by Crippen LogP contribution is 2.50. The van der Waals surface area contributed by atoms with Crippen LogP contribution in [0.2, 0.25) is 0 Å².